The largest absolute Gasteiger partial charge is 0.505 e. The summed E-state index contributed by atoms with van der Waals surface area (Å²) in [6.45, 7) is 0.850. The summed E-state index contributed by atoms with van der Waals surface area (Å²) in [5.41, 5.74) is 0.446. The van der Waals surface area contributed by atoms with Gasteiger partial charge in [0, 0.05) is 11.6 Å². The van der Waals surface area contributed by atoms with Crippen LogP contribution in [-0.4, -0.2) is 11.7 Å². The quantitative estimate of drug-likeness (QED) is 0.725. The maximum Gasteiger partial charge on any atom is 0.200 e. The van der Waals surface area contributed by atoms with E-state index < -0.39 is 17.4 Å². The van der Waals surface area contributed by atoms with Crippen molar-refractivity contribution in [3.05, 3.63) is 29.3 Å². The first kappa shape index (κ1) is 9.40. The van der Waals surface area contributed by atoms with Crippen molar-refractivity contribution in [3.63, 3.8) is 0 Å². The van der Waals surface area contributed by atoms with E-state index >= 15 is 0 Å². The van der Waals surface area contributed by atoms with E-state index in [0.717, 1.165) is 25.5 Å². The van der Waals surface area contributed by atoms with Gasteiger partial charge in [-0.05, 0) is 25.5 Å². The average molecular weight is 199 g/mol. The van der Waals surface area contributed by atoms with Crippen LogP contribution in [0.2, 0.25) is 0 Å². The Morgan fingerprint density at radius 3 is 2.79 bits per heavy atom. The standard InChI is InChI=1S/C10H11F2NO/c11-7-4-3-6(10(14)9(7)12)8-2-1-5-13-8/h3-4,8,13-14H,1-2,5H2/t8-/m1/s1. The summed E-state index contributed by atoms with van der Waals surface area (Å²) in [5, 5.41) is 12.5. The number of benzene rings is 1. The molecular weight excluding hydrogens is 188 g/mol. The second-order valence-electron chi connectivity index (χ2n) is 3.45. The lowest BCUT2D eigenvalue weighted by Gasteiger charge is -2.12. The number of phenolic OH excluding ortho intramolecular Hbond substituents is 1. The minimum Gasteiger partial charge on any atom is -0.505 e. The minimum atomic E-state index is -1.16. The predicted molar refractivity (Wildman–Crippen MR) is 48.0 cm³/mol. The summed E-state index contributed by atoms with van der Waals surface area (Å²) < 4.78 is 25.7. The molecule has 14 heavy (non-hydrogen) atoms. The van der Waals surface area contributed by atoms with Gasteiger partial charge in [0.15, 0.2) is 11.6 Å². The Kier molecular flexibility index (Phi) is 2.37. The molecule has 0 unspecified atom stereocenters. The third-order valence-electron chi connectivity index (χ3n) is 2.54. The van der Waals surface area contributed by atoms with Crippen LogP contribution in [0.4, 0.5) is 8.78 Å². The van der Waals surface area contributed by atoms with E-state index in [9.17, 15) is 13.9 Å². The van der Waals surface area contributed by atoms with Gasteiger partial charge in [-0.15, -0.1) is 0 Å². The number of hydrogen-bond donors (Lipinski definition) is 2. The molecule has 2 N–H and O–H groups in total. The first-order chi connectivity index (χ1) is 6.70. The molecule has 1 saturated heterocycles. The fourth-order valence-electron chi connectivity index (χ4n) is 1.79. The highest BCUT2D eigenvalue weighted by Crippen LogP contribution is 2.32. The molecule has 76 valence electrons. The highest BCUT2D eigenvalue weighted by molar-refractivity contribution is 5.37. The van der Waals surface area contributed by atoms with E-state index in [1.807, 2.05) is 0 Å². The average Bonchev–Trinajstić information content (AvgIpc) is 2.67. The first-order valence-electron chi connectivity index (χ1n) is 4.60. The molecule has 0 amide bonds. The van der Waals surface area contributed by atoms with Gasteiger partial charge in [-0.1, -0.05) is 6.07 Å². The molecule has 2 rings (SSSR count). The number of rotatable bonds is 1. The molecule has 1 aliphatic rings. The van der Waals surface area contributed by atoms with Crippen molar-refractivity contribution in [3.8, 4) is 5.75 Å². The summed E-state index contributed by atoms with van der Waals surface area (Å²) in [7, 11) is 0. The molecule has 0 spiro atoms. The van der Waals surface area contributed by atoms with E-state index in [4.69, 9.17) is 0 Å². The normalized spacial score (nSPS) is 21.4. The molecule has 0 saturated carbocycles. The number of nitrogens with one attached hydrogen (secondary N) is 1. The maximum absolute atomic E-state index is 13.0. The number of aromatic hydroxyl groups is 1. The van der Waals surface area contributed by atoms with Crippen LogP contribution in [0.3, 0.4) is 0 Å². The summed E-state index contributed by atoms with van der Waals surface area (Å²) in [6, 6.07) is 2.42. The van der Waals surface area contributed by atoms with Gasteiger partial charge in [0.1, 0.15) is 0 Å². The Hall–Kier alpha value is -1.16. The highest BCUT2D eigenvalue weighted by atomic mass is 19.2. The smallest absolute Gasteiger partial charge is 0.200 e. The van der Waals surface area contributed by atoms with Gasteiger partial charge in [0.05, 0.1) is 0 Å². The molecule has 1 heterocycles. The van der Waals surface area contributed by atoms with Crippen molar-refractivity contribution >= 4 is 0 Å². The Morgan fingerprint density at radius 2 is 2.14 bits per heavy atom. The van der Waals surface area contributed by atoms with Crippen molar-refractivity contribution in [2.45, 2.75) is 18.9 Å². The zero-order valence-electron chi connectivity index (χ0n) is 7.56. The minimum absolute atomic E-state index is 0.0508. The van der Waals surface area contributed by atoms with Gasteiger partial charge in [0.25, 0.3) is 0 Å². The number of hydrogen-bond acceptors (Lipinski definition) is 2. The molecule has 2 nitrogen and oxygen atoms in total. The summed E-state index contributed by atoms with van der Waals surface area (Å²) in [4.78, 5) is 0. The molecule has 4 heteroatoms. The molecule has 1 aliphatic heterocycles. The molecule has 0 aliphatic carbocycles. The van der Waals surface area contributed by atoms with Crippen molar-refractivity contribution in [2.75, 3.05) is 6.54 Å². The third-order valence-corrected chi connectivity index (χ3v) is 2.54. The summed E-state index contributed by atoms with van der Waals surface area (Å²) >= 11 is 0. The van der Waals surface area contributed by atoms with Crippen LogP contribution in [0.1, 0.15) is 24.4 Å². The van der Waals surface area contributed by atoms with E-state index in [0.29, 0.717) is 5.56 Å². The SMILES string of the molecule is Oc1c([C@H]2CCCN2)ccc(F)c1F. The van der Waals surface area contributed by atoms with Crippen molar-refractivity contribution in [2.24, 2.45) is 0 Å². The molecule has 1 atom stereocenters. The van der Waals surface area contributed by atoms with Gasteiger partial charge in [0.2, 0.25) is 5.82 Å². The topological polar surface area (TPSA) is 32.3 Å². The third kappa shape index (κ3) is 1.46. The molecule has 1 aromatic carbocycles. The Bertz CT molecular complexity index is 348. The summed E-state index contributed by atoms with van der Waals surface area (Å²) in [6.07, 6.45) is 1.84. The molecule has 0 aromatic heterocycles. The Labute approximate surface area is 80.6 Å². The zero-order valence-corrected chi connectivity index (χ0v) is 7.56. The fourth-order valence-corrected chi connectivity index (χ4v) is 1.79. The van der Waals surface area contributed by atoms with Gasteiger partial charge < -0.3 is 10.4 Å². The second kappa shape index (κ2) is 3.53. The van der Waals surface area contributed by atoms with Gasteiger partial charge >= 0.3 is 0 Å². The van der Waals surface area contributed by atoms with E-state index in [1.54, 1.807) is 0 Å². The molecule has 0 bridgehead atoms. The van der Waals surface area contributed by atoms with Crippen LogP contribution in [0.15, 0.2) is 12.1 Å². The monoisotopic (exact) mass is 199 g/mol. The predicted octanol–water partition coefficient (Wildman–Crippen LogP) is 2.09. The maximum atomic E-state index is 13.0. The van der Waals surface area contributed by atoms with Crippen LogP contribution in [0.25, 0.3) is 0 Å². The summed E-state index contributed by atoms with van der Waals surface area (Å²) in [5.74, 6) is -2.73. The Morgan fingerprint density at radius 1 is 1.36 bits per heavy atom. The zero-order chi connectivity index (χ0) is 10.1. The van der Waals surface area contributed by atoms with Gasteiger partial charge in [-0.25, -0.2) is 4.39 Å². The van der Waals surface area contributed by atoms with Crippen molar-refractivity contribution in [1.29, 1.82) is 0 Å². The second-order valence-corrected chi connectivity index (χ2v) is 3.45. The van der Waals surface area contributed by atoms with Gasteiger partial charge in [-0.2, -0.15) is 4.39 Å². The van der Waals surface area contributed by atoms with E-state index in [2.05, 4.69) is 5.32 Å². The van der Waals surface area contributed by atoms with Crippen LogP contribution in [0, 0.1) is 11.6 Å². The van der Waals surface area contributed by atoms with Crippen molar-refractivity contribution in [1.82, 2.24) is 5.32 Å². The van der Waals surface area contributed by atoms with E-state index in [1.165, 1.54) is 6.07 Å². The first-order valence-corrected chi connectivity index (χ1v) is 4.60. The van der Waals surface area contributed by atoms with Crippen molar-refractivity contribution < 1.29 is 13.9 Å². The van der Waals surface area contributed by atoms with E-state index in [-0.39, 0.29) is 6.04 Å². The Balaban J connectivity index is 2.38. The number of phenols is 1. The van der Waals surface area contributed by atoms with Crippen LogP contribution < -0.4 is 5.32 Å². The lowest BCUT2D eigenvalue weighted by molar-refractivity contribution is 0.394. The van der Waals surface area contributed by atoms with Crippen LogP contribution in [0.5, 0.6) is 5.75 Å². The lowest BCUT2D eigenvalue weighted by Crippen LogP contribution is -2.13. The molecule has 1 fully saturated rings. The molecule has 0 radical (unpaired) electrons. The molecule has 1 aromatic rings. The van der Waals surface area contributed by atoms with Crippen LogP contribution in [-0.2, 0) is 0 Å². The van der Waals surface area contributed by atoms with Gasteiger partial charge in [-0.3, -0.25) is 0 Å². The highest BCUT2D eigenvalue weighted by Gasteiger charge is 2.22. The number of halogens is 2. The molecular formula is C10H11F2NO. The van der Waals surface area contributed by atoms with Crippen LogP contribution >= 0.6 is 0 Å². The fraction of sp³-hybridized carbons (Fsp3) is 0.400. The lowest BCUT2D eigenvalue weighted by atomic mass is 10.0.